The van der Waals surface area contributed by atoms with E-state index in [9.17, 15) is 0 Å². The van der Waals surface area contributed by atoms with Gasteiger partial charge >= 0.3 is 0 Å². The monoisotopic (exact) mass is 248 g/mol. The van der Waals surface area contributed by atoms with Crippen LogP contribution in [0.4, 0.5) is 0 Å². The molecule has 1 aromatic carbocycles. The highest BCUT2D eigenvalue weighted by Gasteiger charge is 2.21. The van der Waals surface area contributed by atoms with Gasteiger partial charge < -0.3 is 9.73 Å². The SMILES string of the molecule is Clc1ccccc1-c1cnc(C2CCCN2)o1. The Balaban J connectivity index is 1.92. The molecule has 2 heterocycles. The van der Waals surface area contributed by atoms with Crippen LogP contribution < -0.4 is 5.32 Å². The van der Waals surface area contributed by atoms with Crippen molar-refractivity contribution in [1.82, 2.24) is 10.3 Å². The second-order valence-corrected chi connectivity index (χ2v) is 4.60. The van der Waals surface area contributed by atoms with Crippen LogP contribution in [0.1, 0.15) is 24.8 Å². The summed E-state index contributed by atoms with van der Waals surface area (Å²) in [7, 11) is 0. The summed E-state index contributed by atoms with van der Waals surface area (Å²) in [6, 6.07) is 7.90. The molecule has 1 aliphatic heterocycles. The molecule has 0 spiro atoms. The van der Waals surface area contributed by atoms with Crippen LogP contribution in [0.25, 0.3) is 11.3 Å². The molecule has 0 aliphatic carbocycles. The summed E-state index contributed by atoms with van der Waals surface area (Å²) >= 11 is 6.12. The van der Waals surface area contributed by atoms with Crippen LogP contribution in [0.3, 0.4) is 0 Å². The van der Waals surface area contributed by atoms with Crippen molar-refractivity contribution in [2.75, 3.05) is 6.54 Å². The number of aromatic nitrogens is 1. The fraction of sp³-hybridized carbons (Fsp3) is 0.308. The van der Waals surface area contributed by atoms with E-state index in [-0.39, 0.29) is 6.04 Å². The third kappa shape index (κ3) is 2.08. The molecule has 3 rings (SSSR count). The fourth-order valence-electron chi connectivity index (χ4n) is 2.13. The lowest BCUT2D eigenvalue weighted by atomic mass is 10.2. The lowest BCUT2D eigenvalue weighted by Gasteiger charge is -2.04. The topological polar surface area (TPSA) is 38.1 Å². The lowest BCUT2D eigenvalue weighted by molar-refractivity contribution is 0.437. The Morgan fingerprint density at radius 1 is 1.35 bits per heavy atom. The molecule has 0 amide bonds. The number of oxazole rings is 1. The minimum Gasteiger partial charge on any atom is -0.439 e. The molecule has 88 valence electrons. The summed E-state index contributed by atoms with van der Waals surface area (Å²) < 4.78 is 5.78. The standard InChI is InChI=1S/C13H13ClN2O/c14-10-5-2-1-4-9(10)12-8-16-13(17-12)11-6-3-7-15-11/h1-2,4-5,8,11,15H,3,6-7H2. The maximum absolute atomic E-state index is 6.12. The average molecular weight is 249 g/mol. The normalized spacial score (nSPS) is 19.7. The highest BCUT2D eigenvalue weighted by molar-refractivity contribution is 6.33. The molecular weight excluding hydrogens is 236 g/mol. The number of rotatable bonds is 2. The summed E-state index contributed by atoms with van der Waals surface area (Å²) in [6.45, 7) is 1.04. The van der Waals surface area contributed by atoms with E-state index in [1.54, 1.807) is 6.20 Å². The molecule has 2 aromatic rings. The Hall–Kier alpha value is -1.32. The van der Waals surface area contributed by atoms with Crippen LogP contribution in [0.5, 0.6) is 0 Å². The van der Waals surface area contributed by atoms with Gasteiger partial charge in [-0.05, 0) is 31.5 Å². The zero-order valence-corrected chi connectivity index (χ0v) is 10.1. The highest BCUT2D eigenvalue weighted by atomic mass is 35.5. The maximum Gasteiger partial charge on any atom is 0.212 e. The van der Waals surface area contributed by atoms with Gasteiger partial charge in [-0.25, -0.2) is 4.98 Å². The quantitative estimate of drug-likeness (QED) is 0.885. The molecule has 0 radical (unpaired) electrons. The molecule has 0 bridgehead atoms. The molecule has 17 heavy (non-hydrogen) atoms. The molecule has 3 nitrogen and oxygen atoms in total. The van der Waals surface area contributed by atoms with Crippen molar-refractivity contribution in [3.63, 3.8) is 0 Å². The summed E-state index contributed by atoms with van der Waals surface area (Å²) in [5.41, 5.74) is 0.894. The summed E-state index contributed by atoms with van der Waals surface area (Å²) in [6.07, 6.45) is 4.01. The zero-order valence-electron chi connectivity index (χ0n) is 9.32. The zero-order chi connectivity index (χ0) is 11.7. The summed E-state index contributed by atoms with van der Waals surface area (Å²) in [5.74, 6) is 1.50. The average Bonchev–Trinajstić information content (AvgIpc) is 3.00. The third-order valence-electron chi connectivity index (χ3n) is 3.02. The molecule has 1 aliphatic rings. The Kier molecular flexibility index (Phi) is 2.87. The van der Waals surface area contributed by atoms with E-state index in [2.05, 4.69) is 10.3 Å². The molecule has 4 heteroatoms. The van der Waals surface area contributed by atoms with Crippen LogP contribution >= 0.6 is 11.6 Å². The van der Waals surface area contributed by atoms with Crippen molar-refractivity contribution >= 4 is 11.6 Å². The van der Waals surface area contributed by atoms with Gasteiger partial charge in [-0.1, -0.05) is 23.7 Å². The second-order valence-electron chi connectivity index (χ2n) is 4.19. The van der Waals surface area contributed by atoms with Gasteiger partial charge in [0.25, 0.3) is 0 Å². The van der Waals surface area contributed by atoms with E-state index in [0.717, 1.165) is 30.2 Å². The van der Waals surface area contributed by atoms with E-state index in [4.69, 9.17) is 16.0 Å². The van der Waals surface area contributed by atoms with Gasteiger partial charge in [0.1, 0.15) is 0 Å². The molecule has 0 saturated carbocycles. The van der Waals surface area contributed by atoms with Gasteiger partial charge in [-0.3, -0.25) is 0 Å². The summed E-state index contributed by atoms with van der Waals surface area (Å²) in [5, 5.41) is 4.05. The first-order valence-corrected chi connectivity index (χ1v) is 6.16. The first kappa shape index (κ1) is 10.8. The van der Waals surface area contributed by atoms with Gasteiger partial charge in [-0.15, -0.1) is 0 Å². The van der Waals surface area contributed by atoms with Crippen molar-refractivity contribution in [2.45, 2.75) is 18.9 Å². The van der Waals surface area contributed by atoms with Crippen molar-refractivity contribution in [1.29, 1.82) is 0 Å². The van der Waals surface area contributed by atoms with Crippen LogP contribution in [-0.2, 0) is 0 Å². The third-order valence-corrected chi connectivity index (χ3v) is 3.35. The number of nitrogens with zero attached hydrogens (tertiary/aromatic N) is 1. The van der Waals surface area contributed by atoms with Crippen LogP contribution in [0.15, 0.2) is 34.9 Å². The molecule has 1 aromatic heterocycles. The number of halogens is 1. The van der Waals surface area contributed by atoms with Gasteiger partial charge in [0.2, 0.25) is 5.89 Å². The van der Waals surface area contributed by atoms with Crippen LogP contribution in [-0.4, -0.2) is 11.5 Å². The number of hydrogen-bond donors (Lipinski definition) is 1. The lowest BCUT2D eigenvalue weighted by Crippen LogP contribution is -2.12. The van der Waals surface area contributed by atoms with E-state index in [1.165, 1.54) is 6.42 Å². The molecule has 1 N–H and O–H groups in total. The van der Waals surface area contributed by atoms with Gasteiger partial charge in [0.15, 0.2) is 5.76 Å². The molecule has 1 fully saturated rings. The van der Waals surface area contributed by atoms with E-state index in [0.29, 0.717) is 5.02 Å². The largest absolute Gasteiger partial charge is 0.439 e. The number of nitrogens with one attached hydrogen (secondary N) is 1. The van der Waals surface area contributed by atoms with Gasteiger partial charge in [0, 0.05) is 5.56 Å². The Labute approximate surface area is 105 Å². The predicted octanol–water partition coefficient (Wildman–Crippen LogP) is 3.42. The molecular formula is C13H13ClN2O. The minimum atomic E-state index is 0.256. The van der Waals surface area contributed by atoms with Crippen molar-refractivity contribution in [3.05, 3.63) is 41.4 Å². The maximum atomic E-state index is 6.12. The first-order valence-electron chi connectivity index (χ1n) is 5.78. The Morgan fingerprint density at radius 3 is 3.00 bits per heavy atom. The van der Waals surface area contributed by atoms with E-state index >= 15 is 0 Å². The predicted molar refractivity (Wildman–Crippen MR) is 66.9 cm³/mol. The van der Waals surface area contributed by atoms with Crippen molar-refractivity contribution < 1.29 is 4.42 Å². The van der Waals surface area contributed by atoms with Gasteiger partial charge in [0.05, 0.1) is 17.3 Å². The Morgan fingerprint density at radius 2 is 2.24 bits per heavy atom. The number of hydrogen-bond acceptors (Lipinski definition) is 3. The molecule has 1 saturated heterocycles. The van der Waals surface area contributed by atoms with Crippen molar-refractivity contribution in [2.24, 2.45) is 0 Å². The highest BCUT2D eigenvalue weighted by Crippen LogP contribution is 2.30. The first-order chi connectivity index (χ1) is 8.34. The Bertz CT molecular complexity index is 518. The van der Waals surface area contributed by atoms with Gasteiger partial charge in [-0.2, -0.15) is 0 Å². The number of benzene rings is 1. The fourth-order valence-corrected chi connectivity index (χ4v) is 2.36. The minimum absolute atomic E-state index is 0.256. The summed E-state index contributed by atoms with van der Waals surface area (Å²) in [4.78, 5) is 4.33. The molecule has 1 atom stereocenters. The smallest absolute Gasteiger partial charge is 0.212 e. The second kappa shape index (κ2) is 4.51. The van der Waals surface area contributed by atoms with E-state index in [1.807, 2.05) is 24.3 Å². The van der Waals surface area contributed by atoms with Crippen molar-refractivity contribution in [3.8, 4) is 11.3 Å². The van der Waals surface area contributed by atoms with Crippen LogP contribution in [0.2, 0.25) is 5.02 Å². The van der Waals surface area contributed by atoms with Crippen LogP contribution in [0, 0.1) is 0 Å². The van der Waals surface area contributed by atoms with E-state index < -0.39 is 0 Å². The molecule has 1 unspecified atom stereocenters.